The van der Waals surface area contributed by atoms with Gasteiger partial charge in [-0.3, -0.25) is 4.79 Å². The first-order valence-corrected chi connectivity index (χ1v) is 9.20. The molecule has 11 heteroatoms. The number of benzene rings is 2. The van der Waals surface area contributed by atoms with Crippen molar-refractivity contribution in [3.05, 3.63) is 57.3 Å². The van der Waals surface area contributed by atoms with Gasteiger partial charge in [0.1, 0.15) is 11.8 Å². The molecule has 0 aliphatic heterocycles. The van der Waals surface area contributed by atoms with Crippen LogP contribution in [0.4, 0.5) is 17.6 Å². The van der Waals surface area contributed by atoms with Crippen molar-refractivity contribution in [2.75, 3.05) is 6.61 Å². The van der Waals surface area contributed by atoms with Crippen LogP contribution in [0.15, 0.2) is 30.3 Å². The predicted molar refractivity (Wildman–Crippen MR) is 101 cm³/mol. The first-order valence-electron chi connectivity index (χ1n) is 8.45. The zero-order chi connectivity index (χ0) is 22.6. The Bertz CT molecular complexity index is 943. The van der Waals surface area contributed by atoms with E-state index in [4.69, 9.17) is 32.7 Å². The Morgan fingerprint density at radius 3 is 2.37 bits per heavy atom. The van der Waals surface area contributed by atoms with Crippen LogP contribution in [0.3, 0.4) is 0 Å². The number of halogens is 6. The lowest BCUT2D eigenvalue weighted by Crippen LogP contribution is -2.39. The van der Waals surface area contributed by atoms with E-state index in [1.807, 2.05) is 0 Å². The third-order valence-electron chi connectivity index (χ3n) is 3.72. The molecule has 0 aliphatic rings. The average Bonchev–Trinajstić information content (AvgIpc) is 2.65. The highest BCUT2D eigenvalue weighted by atomic mass is 35.5. The summed E-state index contributed by atoms with van der Waals surface area (Å²) in [6.45, 7) is 3.14. The van der Waals surface area contributed by atoms with Gasteiger partial charge >= 0.3 is 12.1 Å². The number of nitrogens with one attached hydrogen (secondary N) is 1. The molecule has 0 aromatic heterocycles. The second-order valence-electron chi connectivity index (χ2n) is 5.96. The van der Waals surface area contributed by atoms with Crippen LogP contribution < -0.4 is 10.1 Å². The number of carbonyl (C=O) groups is 2. The van der Waals surface area contributed by atoms with Gasteiger partial charge in [0.25, 0.3) is 5.91 Å². The third kappa shape index (κ3) is 5.76. The van der Waals surface area contributed by atoms with Crippen LogP contribution >= 0.6 is 23.2 Å². The minimum atomic E-state index is -4.79. The molecular formula is C19H15Cl2F4NO4. The van der Waals surface area contributed by atoms with E-state index in [-0.39, 0.29) is 29.0 Å². The molecule has 2 aromatic rings. The second-order valence-corrected chi connectivity index (χ2v) is 6.77. The topological polar surface area (TPSA) is 64.6 Å². The zero-order valence-electron chi connectivity index (χ0n) is 15.6. The Kier molecular flexibility index (Phi) is 7.54. The molecule has 0 spiro atoms. The maximum atomic E-state index is 14.1. The van der Waals surface area contributed by atoms with Crippen LogP contribution in [0.5, 0.6) is 11.5 Å². The molecule has 0 saturated heterocycles. The Morgan fingerprint density at radius 2 is 1.80 bits per heavy atom. The van der Waals surface area contributed by atoms with Crippen LogP contribution in [0, 0.1) is 5.82 Å². The van der Waals surface area contributed by atoms with Gasteiger partial charge in [-0.05, 0) is 44.2 Å². The maximum absolute atomic E-state index is 14.1. The van der Waals surface area contributed by atoms with E-state index in [1.54, 1.807) is 6.92 Å². The van der Waals surface area contributed by atoms with Crippen molar-refractivity contribution >= 4 is 35.1 Å². The van der Waals surface area contributed by atoms with E-state index < -0.39 is 46.2 Å². The first-order chi connectivity index (χ1) is 13.9. The molecule has 162 valence electrons. The van der Waals surface area contributed by atoms with Crippen molar-refractivity contribution in [3.63, 3.8) is 0 Å². The highest BCUT2D eigenvalue weighted by Gasteiger charge is 2.32. The number of rotatable bonds is 6. The molecule has 2 rings (SSSR count). The van der Waals surface area contributed by atoms with Gasteiger partial charge in [-0.2, -0.15) is 13.2 Å². The van der Waals surface area contributed by atoms with E-state index in [0.29, 0.717) is 6.07 Å². The summed E-state index contributed by atoms with van der Waals surface area (Å²) in [5.74, 6) is -3.52. The smallest absolute Gasteiger partial charge is 0.416 e. The summed E-state index contributed by atoms with van der Waals surface area (Å²) >= 11 is 11.7. The van der Waals surface area contributed by atoms with Gasteiger partial charge in [-0.25, -0.2) is 9.18 Å². The van der Waals surface area contributed by atoms with Gasteiger partial charge in [0.2, 0.25) is 0 Å². The van der Waals surface area contributed by atoms with Gasteiger partial charge in [-0.15, -0.1) is 0 Å². The SMILES string of the molecule is CCOC(=O)C(C)NC(=O)c1cc(Oc2c(F)cc(C(F)(F)F)cc2Cl)ccc1Cl. The molecule has 0 bridgehead atoms. The largest absolute Gasteiger partial charge is 0.464 e. The molecule has 1 unspecified atom stereocenters. The van der Waals surface area contributed by atoms with Crippen molar-refractivity contribution in [1.29, 1.82) is 0 Å². The van der Waals surface area contributed by atoms with Gasteiger partial charge in [0.05, 0.1) is 27.8 Å². The van der Waals surface area contributed by atoms with E-state index in [9.17, 15) is 27.2 Å². The second kappa shape index (κ2) is 9.53. The number of alkyl halides is 3. The van der Waals surface area contributed by atoms with E-state index in [2.05, 4.69) is 5.32 Å². The molecule has 0 saturated carbocycles. The highest BCUT2D eigenvalue weighted by Crippen LogP contribution is 2.39. The number of carbonyl (C=O) groups excluding carboxylic acids is 2. The van der Waals surface area contributed by atoms with Crippen LogP contribution in [-0.4, -0.2) is 24.5 Å². The van der Waals surface area contributed by atoms with E-state index >= 15 is 0 Å². The molecule has 30 heavy (non-hydrogen) atoms. The fourth-order valence-electron chi connectivity index (χ4n) is 2.28. The standard InChI is InChI=1S/C19H15Cl2F4NO4/c1-3-29-18(28)9(2)26-17(27)12-8-11(4-5-13(12)20)30-16-14(21)6-10(7-15(16)22)19(23,24)25/h4-9H,3H2,1-2H3,(H,26,27). The van der Waals surface area contributed by atoms with Gasteiger partial charge < -0.3 is 14.8 Å². The highest BCUT2D eigenvalue weighted by molar-refractivity contribution is 6.34. The minimum absolute atomic E-state index is 0.00472. The van der Waals surface area contributed by atoms with E-state index in [1.165, 1.54) is 19.1 Å². The fourth-order valence-corrected chi connectivity index (χ4v) is 2.73. The fraction of sp³-hybridized carbons (Fsp3) is 0.263. The number of hydrogen-bond acceptors (Lipinski definition) is 4. The lowest BCUT2D eigenvalue weighted by molar-refractivity contribution is -0.145. The lowest BCUT2D eigenvalue weighted by atomic mass is 10.1. The Morgan fingerprint density at radius 1 is 1.13 bits per heavy atom. The molecule has 1 N–H and O–H groups in total. The van der Waals surface area contributed by atoms with Crippen molar-refractivity contribution in [2.45, 2.75) is 26.1 Å². The molecule has 1 amide bonds. The van der Waals surface area contributed by atoms with Crippen molar-refractivity contribution in [1.82, 2.24) is 5.32 Å². The Hall–Kier alpha value is -2.52. The maximum Gasteiger partial charge on any atom is 0.416 e. The minimum Gasteiger partial charge on any atom is -0.464 e. The van der Waals surface area contributed by atoms with Crippen LogP contribution in [0.1, 0.15) is 29.8 Å². The Labute approximate surface area is 178 Å². The molecular weight excluding hydrogens is 453 g/mol. The van der Waals surface area contributed by atoms with Crippen LogP contribution in [-0.2, 0) is 15.7 Å². The number of amides is 1. The summed E-state index contributed by atoms with van der Waals surface area (Å²) in [5.41, 5.74) is -1.39. The Balaban J connectivity index is 2.28. The summed E-state index contributed by atoms with van der Waals surface area (Å²) in [5, 5.41) is 1.76. The molecule has 0 radical (unpaired) electrons. The number of ether oxygens (including phenoxy) is 2. The third-order valence-corrected chi connectivity index (χ3v) is 4.33. The van der Waals surface area contributed by atoms with Crippen molar-refractivity contribution in [2.24, 2.45) is 0 Å². The summed E-state index contributed by atoms with van der Waals surface area (Å²) in [6, 6.07) is 3.44. The van der Waals surface area contributed by atoms with E-state index in [0.717, 1.165) is 6.07 Å². The molecule has 1 atom stereocenters. The summed E-state index contributed by atoms with van der Waals surface area (Å²) < 4.78 is 62.4. The van der Waals surface area contributed by atoms with Crippen LogP contribution in [0.25, 0.3) is 0 Å². The lowest BCUT2D eigenvalue weighted by Gasteiger charge is -2.15. The average molecular weight is 468 g/mol. The van der Waals surface area contributed by atoms with Crippen molar-refractivity contribution in [3.8, 4) is 11.5 Å². The quantitative estimate of drug-likeness (QED) is 0.441. The summed E-state index contributed by atoms with van der Waals surface area (Å²) in [6.07, 6.45) is -4.79. The summed E-state index contributed by atoms with van der Waals surface area (Å²) in [4.78, 5) is 24.0. The number of hydrogen-bond donors (Lipinski definition) is 1. The van der Waals surface area contributed by atoms with Gasteiger partial charge in [0.15, 0.2) is 11.6 Å². The molecule has 0 fully saturated rings. The van der Waals surface area contributed by atoms with Crippen molar-refractivity contribution < 1.29 is 36.6 Å². The van der Waals surface area contributed by atoms with Gasteiger partial charge in [0, 0.05) is 0 Å². The monoisotopic (exact) mass is 467 g/mol. The molecule has 0 heterocycles. The molecule has 2 aromatic carbocycles. The van der Waals surface area contributed by atoms with Gasteiger partial charge in [-0.1, -0.05) is 23.2 Å². The summed E-state index contributed by atoms with van der Waals surface area (Å²) in [7, 11) is 0. The van der Waals surface area contributed by atoms with Crippen LogP contribution in [0.2, 0.25) is 10.0 Å². The first kappa shape index (κ1) is 23.8. The number of esters is 1. The molecule has 0 aliphatic carbocycles. The predicted octanol–water partition coefficient (Wildman–Crippen LogP) is 5.63. The normalized spacial score (nSPS) is 12.3. The molecule has 5 nitrogen and oxygen atoms in total. The zero-order valence-corrected chi connectivity index (χ0v) is 17.1.